The summed E-state index contributed by atoms with van der Waals surface area (Å²) < 4.78 is 2.70. The molecule has 0 heterocycles. The summed E-state index contributed by atoms with van der Waals surface area (Å²) in [5.41, 5.74) is 1.49. The Labute approximate surface area is 114 Å². The molecule has 0 saturated carbocycles. The fourth-order valence-electron chi connectivity index (χ4n) is 2.77. The average Bonchev–Trinajstić information content (AvgIpc) is 2.37. The van der Waals surface area contributed by atoms with Gasteiger partial charge < -0.3 is 4.57 Å². The first-order valence-corrected chi connectivity index (χ1v) is 10.5. The highest BCUT2D eigenvalue weighted by molar-refractivity contribution is 6.74. The maximum atomic E-state index is 2.70. The van der Waals surface area contributed by atoms with E-state index in [-0.39, 0.29) is 0 Å². The molecule has 0 bridgehead atoms. The summed E-state index contributed by atoms with van der Waals surface area (Å²) in [5.74, 6) is 0. The zero-order valence-electron chi connectivity index (χ0n) is 12.6. The van der Waals surface area contributed by atoms with Crippen LogP contribution < -0.4 is 0 Å². The molecular weight excluding hydrogens is 234 g/mol. The van der Waals surface area contributed by atoms with Crippen molar-refractivity contribution in [2.45, 2.75) is 52.2 Å². The number of hydrogen-bond donors (Lipinski definition) is 0. The SMILES string of the molecule is CCN(CC)[Si](C)(C)CCCCc1ccccc1. The van der Waals surface area contributed by atoms with E-state index in [1.54, 1.807) is 0 Å². The molecule has 102 valence electrons. The van der Waals surface area contributed by atoms with Crippen molar-refractivity contribution in [1.82, 2.24) is 4.57 Å². The summed E-state index contributed by atoms with van der Waals surface area (Å²) in [6, 6.07) is 12.3. The van der Waals surface area contributed by atoms with Gasteiger partial charge in [-0.15, -0.1) is 0 Å². The van der Waals surface area contributed by atoms with Gasteiger partial charge in [-0.05, 0) is 37.5 Å². The van der Waals surface area contributed by atoms with Crippen LogP contribution in [0.15, 0.2) is 30.3 Å². The summed E-state index contributed by atoms with van der Waals surface area (Å²) in [4.78, 5) is 0. The van der Waals surface area contributed by atoms with E-state index in [4.69, 9.17) is 0 Å². The Kier molecular flexibility index (Phi) is 6.65. The first kappa shape index (κ1) is 15.5. The third kappa shape index (κ3) is 4.95. The second-order valence-corrected chi connectivity index (χ2v) is 10.4. The highest BCUT2D eigenvalue weighted by atomic mass is 28.3. The van der Waals surface area contributed by atoms with Gasteiger partial charge in [0.1, 0.15) is 8.24 Å². The lowest BCUT2D eigenvalue weighted by Gasteiger charge is -2.35. The Morgan fingerprint density at radius 1 is 0.944 bits per heavy atom. The van der Waals surface area contributed by atoms with E-state index in [2.05, 4.69) is 61.8 Å². The lowest BCUT2D eigenvalue weighted by Crippen LogP contribution is -2.48. The van der Waals surface area contributed by atoms with E-state index in [1.165, 1.54) is 44.0 Å². The van der Waals surface area contributed by atoms with E-state index < -0.39 is 8.24 Å². The van der Waals surface area contributed by atoms with Crippen LogP contribution >= 0.6 is 0 Å². The highest BCUT2D eigenvalue weighted by Gasteiger charge is 2.26. The van der Waals surface area contributed by atoms with Gasteiger partial charge in [-0.1, -0.05) is 63.7 Å². The van der Waals surface area contributed by atoms with Crippen molar-refractivity contribution in [3.63, 3.8) is 0 Å². The molecule has 2 heteroatoms. The number of unbranched alkanes of at least 4 members (excludes halogenated alkanes) is 1. The molecule has 0 saturated heterocycles. The summed E-state index contributed by atoms with van der Waals surface area (Å²) in [6.45, 7) is 12.1. The molecule has 0 fully saturated rings. The molecule has 0 aliphatic rings. The Balaban J connectivity index is 2.29. The quantitative estimate of drug-likeness (QED) is 0.491. The van der Waals surface area contributed by atoms with Gasteiger partial charge in [0.2, 0.25) is 0 Å². The van der Waals surface area contributed by atoms with Gasteiger partial charge in [-0.3, -0.25) is 0 Å². The summed E-state index contributed by atoms with van der Waals surface area (Å²) in [7, 11) is -1.14. The Hall–Kier alpha value is -0.603. The first-order valence-electron chi connectivity index (χ1n) is 7.39. The maximum absolute atomic E-state index is 2.70. The molecule has 0 unspecified atom stereocenters. The van der Waals surface area contributed by atoms with Gasteiger partial charge in [0.25, 0.3) is 0 Å². The van der Waals surface area contributed by atoms with Crippen molar-refractivity contribution in [2.24, 2.45) is 0 Å². The normalized spacial score (nSPS) is 12.1. The zero-order valence-corrected chi connectivity index (χ0v) is 13.6. The minimum Gasteiger partial charge on any atom is -0.324 e. The maximum Gasteiger partial charge on any atom is 0.122 e. The van der Waals surface area contributed by atoms with E-state index in [9.17, 15) is 0 Å². The summed E-state index contributed by atoms with van der Waals surface area (Å²) in [5, 5.41) is 0. The van der Waals surface area contributed by atoms with Crippen LogP contribution in [0.2, 0.25) is 19.1 Å². The highest BCUT2D eigenvalue weighted by Crippen LogP contribution is 2.19. The van der Waals surface area contributed by atoms with Crippen LogP contribution in [-0.2, 0) is 6.42 Å². The lowest BCUT2D eigenvalue weighted by molar-refractivity contribution is 0.462. The largest absolute Gasteiger partial charge is 0.324 e. The van der Waals surface area contributed by atoms with Crippen LogP contribution in [0.25, 0.3) is 0 Å². The Morgan fingerprint density at radius 2 is 1.56 bits per heavy atom. The van der Waals surface area contributed by atoms with Gasteiger partial charge >= 0.3 is 0 Å². The first-order chi connectivity index (χ1) is 8.60. The predicted molar refractivity (Wildman–Crippen MR) is 84.6 cm³/mol. The molecule has 0 aromatic heterocycles. The molecule has 0 amide bonds. The molecular formula is C16H29NSi. The smallest absolute Gasteiger partial charge is 0.122 e. The molecule has 0 N–H and O–H groups in total. The average molecular weight is 264 g/mol. The van der Waals surface area contributed by atoms with Crippen LogP contribution in [0.3, 0.4) is 0 Å². The molecule has 0 aliphatic carbocycles. The third-order valence-corrected chi connectivity index (χ3v) is 7.89. The fraction of sp³-hybridized carbons (Fsp3) is 0.625. The zero-order chi connectivity index (χ0) is 13.4. The van der Waals surface area contributed by atoms with E-state index in [0.717, 1.165) is 0 Å². The number of nitrogens with zero attached hydrogens (tertiary/aromatic N) is 1. The molecule has 18 heavy (non-hydrogen) atoms. The minimum atomic E-state index is -1.14. The van der Waals surface area contributed by atoms with Crippen molar-refractivity contribution in [2.75, 3.05) is 13.1 Å². The van der Waals surface area contributed by atoms with Crippen LogP contribution in [-0.4, -0.2) is 25.9 Å². The van der Waals surface area contributed by atoms with E-state index in [0.29, 0.717) is 0 Å². The fourth-order valence-corrected chi connectivity index (χ4v) is 5.91. The lowest BCUT2D eigenvalue weighted by atomic mass is 10.1. The summed E-state index contributed by atoms with van der Waals surface area (Å²) in [6.07, 6.45) is 3.95. The molecule has 0 radical (unpaired) electrons. The monoisotopic (exact) mass is 263 g/mol. The summed E-state index contributed by atoms with van der Waals surface area (Å²) >= 11 is 0. The molecule has 1 nitrogen and oxygen atoms in total. The topological polar surface area (TPSA) is 3.24 Å². The number of benzene rings is 1. The van der Waals surface area contributed by atoms with Gasteiger partial charge in [-0.25, -0.2) is 0 Å². The Bertz CT molecular complexity index is 317. The molecule has 1 aromatic carbocycles. The number of hydrogen-bond acceptors (Lipinski definition) is 1. The van der Waals surface area contributed by atoms with Gasteiger partial charge in [0.05, 0.1) is 0 Å². The third-order valence-electron chi connectivity index (χ3n) is 3.97. The number of rotatable bonds is 8. The van der Waals surface area contributed by atoms with Crippen molar-refractivity contribution < 1.29 is 0 Å². The molecule has 1 rings (SSSR count). The van der Waals surface area contributed by atoms with Crippen LogP contribution in [0, 0.1) is 0 Å². The van der Waals surface area contributed by atoms with E-state index >= 15 is 0 Å². The van der Waals surface area contributed by atoms with Crippen LogP contribution in [0.4, 0.5) is 0 Å². The van der Waals surface area contributed by atoms with E-state index in [1.807, 2.05) is 0 Å². The van der Waals surface area contributed by atoms with Gasteiger partial charge in [0, 0.05) is 0 Å². The van der Waals surface area contributed by atoms with Gasteiger partial charge in [-0.2, -0.15) is 0 Å². The number of aryl methyl sites for hydroxylation is 1. The van der Waals surface area contributed by atoms with Crippen LogP contribution in [0.5, 0.6) is 0 Å². The van der Waals surface area contributed by atoms with Crippen molar-refractivity contribution >= 4 is 8.24 Å². The van der Waals surface area contributed by atoms with Crippen molar-refractivity contribution in [1.29, 1.82) is 0 Å². The van der Waals surface area contributed by atoms with Gasteiger partial charge in [0.15, 0.2) is 0 Å². The second kappa shape index (κ2) is 7.75. The minimum absolute atomic E-state index is 1.14. The second-order valence-electron chi connectivity index (χ2n) is 5.68. The standard InChI is InChI=1S/C16H29NSi/c1-5-17(6-2)18(3,4)15-11-10-14-16-12-8-7-9-13-16/h7-9,12-13H,5-6,10-11,14-15H2,1-4H3. The van der Waals surface area contributed by atoms with Crippen molar-refractivity contribution in [3.8, 4) is 0 Å². The molecule has 0 atom stereocenters. The molecule has 0 spiro atoms. The molecule has 0 aliphatic heterocycles. The Morgan fingerprint density at radius 3 is 2.11 bits per heavy atom. The van der Waals surface area contributed by atoms with Crippen molar-refractivity contribution in [3.05, 3.63) is 35.9 Å². The predicted octanol–water partition coefficient (Wildman–Crippen LogP) is 4.56. The molecule has 1 aromatic rings. The van der Waals surface area contributed by atoms with Crippen LogP contribution in [0.1, 0.15) is 32.3 Å².